The molecule has 0 radical (unpaired) electrons. The summed E-state index contributed by atoms with van der Waals surface area (Å²) < 4.78 is 18.8. The molecule has 6 nitrogen and oxygen atoms in total. The first-order chi connectivity index (χ1) is 8.09. The van der Waals surface area contributed by atoms with Crippen molar-refractivity contribution in [3.63, 3.8) is 0 Å². The van der Waals surface area contributed by atoms with E-state index in [2.05, 4.69) is 5.10 Å². The third kappa shape index (κ3) is 5.39. The van der Waals surface area contributed by atoms with Crippen molar-refractivity contribution < 1.29 is 14.1 Å². The van der Waals surface area contributed by atoms with Gasteiger partial charge in [0.15, 0.2) is 0 Å². The molecule has 1 aliphatic rings. The van der Waals surface area contributed by atoms with Gasteiger partial charge in [0.25, 0.3) is 0 Å². The average Bonchev–Trinajstić information content (AvgIpc) is 2.57. The number of hydrogen-bond donors (Lipinski definition) is 0. The minimum atomic E-state index is -0.600. The normalized spacial score (nSPS) is 20.0. The molecular weight excluding hydrogens is 229 g/mol. The Hall–Kier alpha value is -1.50. The highest BCUT2D eigenvalue weighted by molar-refractivity contribution is 5.20. The summed E-state index contributed by atoms with van der Waals surface area (Å²) in [5, 5.41) is 13.6. The number of hydrogen-bond acceptors (Lipinski definition) is 4. The molecule has 0 aromatic carbocycles. The van der Waals surface area contributed by atoms with Crippen molar-refractivity contribution in [2.75, 3.05) is 13.2 Å². The Labute approximate surface area is 98.5 Å². The summed E-state index contributed by atoms with van der Waals surface area (Å²) in [6.07, 6.45) is 4.14. The standard InChI is InChI=1S/C6H11FO.C4H5N3O2/c7-6-2-1-4-8-5-3-6;1-6-3-4(2-5-6)7(8)9/h6H,1-5H2;2-3H,1H3. The van der Waals surface area contributed by atoms with Crippen LogP contribution >= 0.6 is 0 Å². The van der Waals surface area contributed by atoms with Crippen molar-refractivity contribution in [1.29, 1.82) is 0 Å². The summed E-state index contributed by atoms with van der Waals surface area (Å²) in [6.45, 7) is 1.36. The summed E-state index contributed by atoms with van der Waals surface area (Å²) in [4.78, 5) is 9.49. The van der Waals surface area contributed by atoms with Gasteiger partial charge in [-0.1, -0.05) is 0 Å². The highest BCUT2D eigenvalue weighted by Gasteiger charge is 2.09. The Balaban J connectivity index is 0.000000171. The van der Waals surface area contributed by atoms with Crippen LogP contribution in [0, 0.1) is 10.1 Å². The molecule has 1 aliphatic heterocycles. The fraction of sp³-hybridized carbons (Fsp3) is 0.700. The third-order valence-corrected chi connectivity index (χ3v) is 2.28. The number of halogens is 1. The molecule has 7 heteroatoms. The summed E-state index contributed by atoms with van der Waals surface area (Å²) in [5.41, 5.74) is 0.0255. The van der Waals surface area contributed by atoms with Crippen LogP contribution in [0.25, 0.3) is 0 Å². The average molecular weight is 245 g/mol. The minimum Gasteiger partial charge on any atom is -0.381 e. The molecule has 2 heterocycles. The van der Waals surface area contributed by atoms with Crippen LogP contribution in [0.5, 0.6) is 0 Å². The number of nitro groups is 1. The fourth-order valence-corrected chi connectivity index (χ4v) is 1.37. The number of ether oxygens (including phenoxy) is 1. The van der Waals surface area contributed by atoms with E-state index in [1.807, 2.05) is 0 Å². The maximum Gasteiger partial charge on any atom is 0.306 e. The minimum absolute atomic E-state index is 0.0255. The summed E-state index contributed by atoms with van der Waals surface area (Å²) in [5.74, 6) is 0. The van der Waals surface area contributed by atoms with E-state index < -0.39 is 11.1 Å². The number of aryl methyl sites for hydroxylation is 1. The molecule has 1 aromatic heterocycles. The van der Waals surface area contributed by atoms with Crippen LogP contribution in [0.2, 0.25) is 0 Å². The van der Waals surface area contributed by atoms with E-state index in [-0.39, 0.29) is 5.69 Å². The van der Waals surface area contributed by atoms with E-state index in [1.54, 1.807) is 7.05 Å². The fourth-order valence-electron chi connectivity index (χ4n) is 1.37. The number of alkyl halides is 1. The van der Waals surface area contributed by atoms with Gasteiger partial charge >= 0.3 is 5.69 Å². The lowest BCUT2D eigenvalue weighted by molar-refractivity contribution is -0.384. The van der Waals surface area contributed by atoms with Crippen LogP contribution in [0.4, 0.5) is 10.1 Å². The monoisotopic (exact) mass is 245 g/mol. The largest absolute Gasteiger partial charge is 0.381 e. The highest BCUT2D eigenvalue weighted by Crippen LogP contribution is 2.10. The van der Waals surface area contributed by atoms with Crippen LogP contribution in [0.1, 0.15) is 19.3 Å². The zero-order chi connectivity index (χ0) is 12.7. The van der Waals surface area contributed by atoms with Crippen molar-refractivity contribution in [1.82, 2.24) is 9.78 Å². The summed E-state index contributed by atoms with van der Waals surface area (Å²) in [7, 11) is 1.63. The Morgan fingerprint density at radius 3 is 2.88 bits per heavy atom. The van der Waals surface area contributed by atoms with Crippen LogP contribution < -0.4 is 0 Å². The maximum absolute atomic E-state index is 12.4. The van der Waals surface area contributed by atoms with E-state index in [1.165, 1.54) is 17.1 Å². The lowest BCUT2D eigenvalue weighted by atomic mass is 10.2. The summed E-state index contributed by atoms with van der Waals surface area (Å²) in [6, 6.07) is 0. The molecule has 0 N–H and O–H groups in total. The molecule has 0 spiro atoms. The quantitative estimate of drug-likeness (QED) is 0.559. The molecule has 2 rings (SSSR count). The number of aromatic nitrogens is 2. The predicted octanol–water partition coefficient (Wildman–Crippen LogP) is 1.85. The first-order valence-electron chi connectivity index (χ1n) is 5.44. The van der Waals surface area contributed by atoms with Gasteiger partial charge < -0.3 is 4.74 Å². The third-order valence-electron chi connectivity index (χ3n) is 2.28. The molecule has 1 aromatic rings. The van der Waals surface area contributed by atoms with Gasteiger partial charge in [-0.3, -0.25) is 14.8 Å². The molecule has 1 fully saturated rings. The van der Waals surface area contributed by atoms with Crippen LogP contribution in [-0.4, -0.2) is 34.1 Å². The second-order valence-electron chi connectivity index (χ2n) is 3.77. The molecule has 1 saturated heterocycles. The molecule has 96 valence electrons. The number of nitrogens with zero attached hydrogens (tertiary/aromatic N) is 3. The van der Waals surface area contributed by atoms with Gasteiger partial charge in [0.05, 0.1) is 4.92 Å². The summed E-state index contributed by atoms with van der Waals surface area (Å²) >= 11 is 0. The molecule has 0 aliphatic carbocycles. The van der Waals surface area contributed by atoms with Crippen molar-refractivity contribution in [2.45, 2.75) is 25.4 Å². The van der Waals surface area contributed by atoms with E-state index in [9.17, 15) is 14.5 Å². The van der Waals surface area contributed by atoms with Crippen molar-refractivity contribution in [3.05, 3.63) is 22.5 Å². The van der Waals surface area contributed by atoms with Crippen molar-refractivity contribution >= 4 is 5.69 Å². The van der Waals surface area contributed by atoms with Gasteiger partial charge in [0, 0.05) is 26.7 Å². The molecule has 0 bridgehead atoms. The Bertz CT molecular complexity index is 348. The van der Waals surface area contributed by atoms with Gasteiger partial charge in [-0.05, 0) is 12.8 Å². The van der Waals surface area contributed by atoms with Crippen LogP contribution in [-0.2, 0) is 11.8 Å². The van der Waals surface area contributed by atoms with Gasteiger partial charge in [0.1, 0.15) is 18.6 Å². The molecular formula is C10H16FN3O3. The Morgan fingerprint density at radius 2 is 2.35 bits per heavy atom. The van der Waals surface area contributed by atoms with E-state index in [0.29, 0.717) is 19.4 Å². The van der Waals surface area contributed by atoms with E-state index in [4.69, 9.17) is 4.74 Å². The Kier molecular flexibility index (Phi) is 5.55. The highest BCUT2D eigenvalue weighted by atomic mass is 19.1. The second kappa shape index (κ2) is 6.95. The first-order valence-corrected chi connectivity index (χ1v) is 5.44. The molecule has 0 amide bonds. The van der Waals surface area contributed by atoms with Crippen molar-refractivity contribution in [3.8, 4) is 0 Å². The topological polar surface area (TPSA) is 70.2 Å². The zero-order valence-corrected chi connectivity index (χ0v) is 9.71. The van der Waals surface area contributed by atoms with Gasteiger partial charge in [-0.15, -0.1) is 0 Å². The molecule has 0 saturated carbocycles. The zero-order valence-electron chi connectivity index (χ0n) is 9.71. The lowest BCUT2D eigenvalue weighted by Crippen LogP contribution is -1.98. The molecule has 1 unspecified atom stereocenters. The van der Waals surface area contributed by atoms with Gasteiger partial charge in [-0.2, -0.15) is 5.10 Å². The van der Waals surface area contributed by atoms with Crippen LogP contribution in [0.3, 0.4) is 0 Å². The van der Waals surface area contributed by atoms with Crippen molar-refractivity contribution in [2.24, 2.45) is 7.05 Å². The lowest BCUT2D eigenvalue weighted by Gasteiger charge is -1.97. The van der Waals surface area contributed by atoms with E-state index in [0.717, 1.165) is 13.0 Å². The van der Waals surface area contributed by atoms with Gasteiger partial charge in [-0.25, -0.2) is 4.39 Å². The van der Waals surface area contributed by atoms with Gasteiger partial charge in [0.2, 0.25) is 0 Å². The maximum atomic E-state index is 12.4. The van der Waals surface area contributed by atoms with E-state index >= 15 is 0 Å². The smallest absolute Gasteiger partial charge is 0.306 e. The molecule has 17 heavy (non-hydrogen) atoms. The second-order valence-corrected chi connectivity index (χ2v) is 3.77. The predicted molar refractivity (Wildman–Crippen MR) is 59.4 cm³/mol. The molecule has 1 atom stereocenters. The number of rotatable bonds is 1. The Morgan fingerprint density at radius 1 is 1.59 bits per heavy atom. The first kappa shape index (κ1) is 13.6. The van der Waals surface area contributed by atoms with Crippen LogP contribution in [0.15, 0.2) is 12.4 Å². The SMILES string of the molecule is Cn1cc([N+](=O)[O-])cn1.FC1CCCOCC1.